The molecule has 1 heterocycles. The van der Waals surface area contributed by atoms with Crippen molar-refractivity contribution < 1.29 is 14.3 Å². The summed E-state index contributed by atoms with van der Waals surface area (Å²) < 4.78 is 5.29. The van der Waals surface area contributed by atoms with Crippen LogP contribution in [0.1, 0.15) is 41.0 Å². The van der Waals surface area contributed by atoms with Crippen LogP contribution in [0.25, 0.3) is 0 Å². The third-order valence-electron chi connectivity index (χ3n) is 3.06. The summed E-state index contributed by atoms with van der Waals surface area (Å²) in [5.74, 6) is 0.0286. The fourth-order valence-corrected chi connectivity index (χ4v) is 2.42. The molecule has 1 aliphatic rings. The Kier molecular flexibility index (Phi) is 4.37. The van der Waals surface area contributed by atoms with Gasteiger partial charge < -0.3 is 10.5 Å². The molecule has 1 fully saturated rings. The van der Waals surface area contributed by atoms with Gasteiger partial charge in [-0.3, -0.25) is 4.79 Å². The number of nitrogens with two attached hydrogens (primary N) is 1. The van der Waals surface area contributed by atoms with E-state index in [4.69, 9.17) is 10.5 Å². The second-order valence-corrected chi connectivity index (χ2v) is 6.18. The molecule has 18 heavy (non-hydrogen) atoms. The lowest BCUT2D eigenvalue weighted by molar-refractivity contribution is -0.128. The summed E-state index contributed by atoms with van der Waals surface area (Å²) in [5, 5.41) is 0. The van der Waals surface area contributed by atoms with Crippen LogP contribution < -0.4 is 5.73 Å². The van der Waals surface area contributed by atoms with Gasteiger partial charge in [-0.05, 0) is 33.2 Å². The van der Waals surface area contributed by atoms with Gasteiger partial charge in [0.15, 0.2) is 0 Å². The maximum absolute atomic E-state index is 12.1. The smallest absolute Gasteiger partial charge is 0.417 e. The third kappa shape index (κ3) is 3.22. The van der Waals surface area contributed by atoms with Crippen molar-refractivity contribution in [2.45, 2.75) is 52.7 Å². The van der Waals surface area contributed by atoms with Crippen molar-refractivity contribution in [2.75, 3.05) is 6.54 Å². The Morgan fingerprint density at radius 2 is 2.06 bits per heavy atom. The second-order valence-electron chi connectivity index (χ2n) is 6.18. The Balaban J connectivity index is 2.91. The van der Waals surface area contributed by atoms with E-state index < -0.39 is 11.7 Å². The van der Waals surface area contributed by atoms with E-state index in [0.717, 1.165) is 0 Å². The molecule has 0 spiro atoms. The molecule has 0 saturated carbocycles. The molecule has 5 nitrogen and oxygen atoms in total. The summed E-state index contributed by atoms with van der Waals surface area (Å²) in [6, 6.07) is -0.155. The van der Waals surface area contributed by atoms with Gasteiger partial charge in [0.05, 0.1) is 0 Å². The minimum absolute atomic E-state index is 0.0324. The van der Waals surface area contributed by atoms with E-state index in [2.05, 4.69) is 0 Å². The zero-order valence-electron chi connectivity index (χ0n) is 11.9. The first-order valence-corrected chi connectivity index (χ1v) is 6.42. The minimum Gasteiger partial charge on any atom is -0.443 e. The highest BCUT2D eigenvalue weighted by Crippen LogP contribution is 2.31. The maximum atomic E-state index is 12.1. The number of amides is 2. The second kappa shape index (κ2) is 5.26. The molecule has 2 unspecified atom stereocenters. The molecule has 0 aliphatic carbocycles. The van der Waals surface area contributed by atoms with Gasteiger partial charge in [-0.2, -0.15) is 0 Å². The van der Waals surface area contributed by atoms with Crippen LogP contribution in [0.4, 0.5) is 4.79 Å². The van der Waals surface area contributed by atoms with Crippen LogP contribution in [0.5, 0.6) is 0 Å². The lowest BCUT2D eigenvalue weighted by Gasteiger charge is -2.31. The summed E-state index contributed by atoms with van der Waals surface area (Å²) in [6.45, 7) is 9.75. The van der Waals surface area contributed by atoms with Gasteiger partial charge in [-0.1, -0.05) is 13.8 Å². The fourth-order valence-electron chi connectivity index (χ4n) is 2.42. The van der Waals surface area contributed by atoms with Crippen molar-refractivity contribution in [2.24, 2.45) is 17.6 Å². The van der Waals surface area contributed by atoms with Gasteiger partial charge in [0.2, 0.25) is 5.91 Å². The van der Waals surface area contributed by atoms with Gasteiger partial charge in [0.1, 0.15) is 5.60 Å². The highest BCUT2D eigenvalue weighted by atomic mass is 16.6. The number of ether oxygens (including phenoxy) is 1. The number of carbonyl (C=O) groups excluding carboxylic acids is 2. The lowest BCUT2D eigenvalue weighted by atomic mass is 9.91. The van der Waals surface area contributed by atoms with Crippen molar-refractivity contribution in [1.82, 2.24) is 4.90 Å². The largest absolute Gasteiger partial charge is 0.443 e. The number of likely N-dealkylation sites (tertiary alicyclic amines) is 1. The van der Waals surface area contributed by atoms with Gasteiger partial charge in [0, 0.05) is 18.4 Å². The summed E-state index contributed by atoms with van der Waals surface area (Å²) in [7, 11) is 0. The molecular weight excluding hydrogens is 232 g/mol. The fraction of sp³-hybridized carbons (Fsp3) is 0.846. The monoisotopic (exact) mass is 256 g/mol. The third-order valence-corrected chi connectivity index (χ3v) is 3.06. The van der Waals surface area contributed by atoms with Crippen LogP contribution in [0.3, 0.4) is 0 Å². The van der Waals surface area contributed by atoms with Gasteiger partial charge in [-0.25, -0.2) is 9.69 Å². The lowest BCUT2D eigenvalue weighted by Crippen LogP contribution is -2.46. The minimum atomic E-state index is -0.598. The maximum Gasteiger partial charge on any atom is 0.417 e. The predicted octanol–water partition coefficient (Wildman–Crippen LogP) is 1.75. The average molecular weight is 256 g/mol. The number of carbonyl (C=O) groups is 2. The van der Waals surface area contributed by atoms with Gasteiger partial charge in [-0.15, -0.1) is 0 Å². The molecule has 0 aromatic carbocycles. The normalized spacial score (nSPS) is 24.8. The highest BCUT2D eigenvalue weighted by molar-refractivity contribution is 5.94. The molecule has 104 valence electrons. The molecule has 1 rings (SSSR count). The van der Waals surface area contributed by atoms with E-state index in [9.17, 15) is 9.59 Å². The van der Waals surface area contributed by atoms with Crippen LogP contribution in [0.15, 0.2) is 0 Å². The molecule has 2 atom stereocenters. The number of rotatable bonds is 2. The Hall–Kier alpha value is -1.10. The van der Waals surface area contributed by atoms with E-state index in [-0.39, 0.29) is 23.8 Å². The standard InChI is InChI=1S/C13H24N2O3/c1-8(2)11-9(7-14)6-10(16)15(11)12(17)18-13(3,4)5/h8-9,11H,6-7,14H2,1-5H3. The zero-order valence-corrected chi connectivity index (χ0v) is 11.9. The summed E-state index contributed by atoms with van der Waals surface area (Å²) in [6.07, 6.45) is -0.222. The molecule has 1 aliphatic heterocycles. The van der Waals surface area contributed by atoms with Gasteiger partial charge in [0.25, 0.3) is 0 Å². The molecule has 2 N–H and O–H groups in total. The Bertz CT molecular complexity index is 334. The Labute approximate surface area is 109 Å². The number of nitrogens with zero attached hydrogens (tertiary/aromatic N) is 1. The molecule has 1 saturated heterocycles. The molecule has 0 aromatic rings. The van der Waals surface area contributed by atoms with Crippen LogP contribution in [0, 0.1) is 11.8 Å². The summed E-state index contributed by atoms with van der Waals surface area (Å²) >= 11 is 0. The Morgan fingerprint density at radius 3 is 2.44 bits per heavy atom. The molecule has 0 bridgehead atoms. The van der Waals surface area contributed by atoms with E-state index >= 15 is 0 Å². The first kappa shape index (κ1) is 15.0. The molecule has 0 aromatic heterocycles. The predicted molar refractivity (Wildman–Crippen MR) is 68.9 cm³/mol. The zero-order chi connectivity index (χ0) is 14.1. The summed E-state index contributed by atoms with van der Waals surface area (Å²) in [5.41, 5.74) is 5.09. The SMILES string of the molecule is CC(C)C1C(CN)CC(=O)N1C(=O)OC(C)(C)C. The first-order valence-electron chi connectivity index (χ1n) is 6.42. The van der Waals surface area contributed by atoms with Crippen molar-refractivity contribution in [3.05, 3.63) is 0 Å². The van der Waals surface area contributed by atoms with Crippen LogP contribution in [-0.4, -0.2) is 35.1 Å². The molecular formula is C13H24N2O3. The molecule has 2 amide bonds. The van der Waals surface area contributed by atoms with E-state index in [0.29, 0.717) is 13.0 Å². The van der Waals surface area contributed by atoms with Crippen molar-refractivity contribution in [3.8, 4) is 0 Å². The topological polar surface area (TPSA) is 72.6 Å². The van der Waals surface area contributed by atoms with Crippen molar-refractivity contribution >= 4 is 12.0 Å². The number of hydrogen-bond acceptors (Lipinski definition) is 4. The van der Waals surface area contributed by atoms with Crippen LogP contribution >= 0.6 is 0 Å². The average Bonchev–Trinajstić information content (AvgIpc) is 2.52. The summed E-state index contributed by atoms with van der Waals surface area (Å²) in [4.78, 5) is 25.3. The Morgan fingerprint density at radius 1 is 1.50 bits per heavy atom. The quantitative estimate of drug-likeness (QED) is 0.817. The van der Waals surface area contributed by atoms with E-state index in [1.54, 1.807) is 20.8 Å². The van der Waals surface area contributed by atoms with Gasteiger partial charge >= 0.3 is 6.09 Å². The van der Waals surface area contributed by atoms with Crippen LogP contribution in [0.2, 0.25) is 0 Å². The number of imide groups is 1. The molecule has 0 radical (unpaired) electrons. The van der Waals surface area contributed by atoms with Crippen molar-refractivity contribution in [3.63, 3.8) is 0 Å². The van der Waals surface area contributed by atoms with E-state index in [1.165, 1.54) is 4.90 Å². The highest BCUT2D eigenvalue weighted by Gasteiger charge is 2.45. The van der Waals surface area contributed by atoms with E-state index in [1.807, 2.05) is 13.8 Å². The molecule has 5 heteroatoms. The van der Waals surface area contributed by atoms with Crippen LogP contribution in [-0.2, 0) is 9.53 Å². The number of hydrogen-bond donors (Lipinski definition) is 1. The van der Waals surface area contributed by atoms with Crippen molar-refractivity contribution in [1.29, 1.82) is 0 Å². The first-order chi connectivity index (χ1) is 8.17.